The van der Waals surface area contributed by atoms with E-state index in [4.69, 9.17) is 5.53 Å². The maximum absolute atomic E-state index is 9.62. The van der Waals surface area contributed by atoms with Crippen molar-refractivity contribution in [3.05, 3.63) is 10.4 Å². The number of hydrogen-bond acceptors (Lipinski definition) is 1. The highest BCUT2D eigenvalue weighted by molar-refractivity contribution is 5.73. The van der Waals surface area contributed by atoms with Gasteiger partial charge in [-0.1, -0.05) is 0 Å². The number of nitrogens with zero attached hydrogens (tertiary/aromatic N) is 3. The zero-order valence-electron chi connectivity index (χ0n) is 3.25. The molecule has 0 aliphatic carbocycles. The lowest BCUT2D eigenvalue weighted by Gasteiger charge is -1.61. The second kappa shape index (κ2) is 2.23. The van der Waals surface area contributed by atoms with Crippen LogP contribution in [0.25, 0.3) is 10.4 Å². The predicted octanol–water partition coefficient (Wildman–Crippen LogP) is 0.843. The van der Waals surface area contributed by atoms with E-state index < -0.39 is 5.91 Å². The van der Waals surface area contributed by atoms with Gasteiger partial charge in [-0.15, -0.1) is 0 Å². The van der Waals surface area contributed by atoms with Gasteiger partial charge in [-0.2, -0.15) is 0 Å². The second-order valence-electron chi connectivity index (χ2n) is 0.708. The molecule has 4 nitrogen and oxygen atoms in total. The topological polar surface area (TPSA) is 65.8 Å². The Morgan fingerprint density at radius 1 is 2.00 bits per heavy atom. The van der Waals surface area contributed by atoms with Crippen LogP contribution in [0.15, 0.2) is 5.11 Å². The standard InChI is InChI=1S/C2H3N3O/c1-2(6)4-5-3/h1H3/i2-1. The minimum absolute atomic E-state index is 0.502. The molecule has 6 heavy (non-hydrogen) atoms. The fraction of sp³-hybridized carbons (Fsp3) is 0.500. The van der Waals surface area contributed by atoms with Gasteiger partial charge >= 0.3 is 0 Å². The van der Waals surface area contributed by atoms with Crippen molar-refractivity contribution in [2.45, 2.75) is 6.92 Å². The first-order valence-corrected chi connectivity index (χ1v) is 1.33. The van der Waals surface area contributed by atoms with Crippen LogP contribution in [-0.2, 0) is 4.79 Å². The molecule has 0 rings (SSSR count). The molecule has 0 aromatic heterocycles. The summed E-state index contributed by atoms with van der Waals surface area (Å²) in [7, 11) is 0. The van der Waals surface area contributed by atoms with Crippen LogP contribution in [-0.4, -0.2) is 5.91 Å². The van der Waals surface area contributed by atoms with E-state index in [0.29, 0.717) is 0 Å². The van der Waals surface area contributed by atoms with Crippen LogP contribution in [0.4, 0.5) is 0 Å². The van der Waals surface area contributed by atoms with Crippen LogP contribution in [0.1, 0.15) is 6.92 Å². The average Bonchev–Trinajstić information content (AvgIpc) is 1.35. The van der Waals surface area contributed by atoms with Gasteiger partial charge in [0.2, 0.25) is 5.91 Å². The molecule has 0 saturated heterocycles. The summed E-state index contributed by atoms with van der Waals surface area (Å²) in [5, 5.41) is 2.67. The third-order valence-corrected chi connectivity index (χ3v) is 0.186. The van der Waals surface area contributed by atoms with Gasteiger partial charge in [0.05, 0.1) is 0 Å². The Morgan fingerprint density at radius 3 is 2.50 bits per heavy atom. The van der Waals surface area contributed by atoms with Crippen molar-refractivity contribution in [1.82, 2.24) is 0 Å². The van der Waals surface area contributed by atoms with E-state index in [2.05, 4.69) is 10.0 Å². The molecular weight excluding hydrogens is 81.0 g/mol. The Labute approximate surface area is 34.4 Å². The van der Waals surface area contributed by atoms with Gasteiger partial charge in [-0.3, -0.25) is 4.79 Å². The van der Waals surface area contributed by atoms with Crippen molar-refractivity contribution in [1.29, 1.82) is 0 Å². The van der Waals surface area contributed by atoms with E-state index in [1.165, 1.54) is 6.92 Å². The molecule has 0 fully saturated rings. The molecule has 0 spiro atoms. The predicted molar refractivity (Wildman–Crippen MR) is 19.8 cm³/mol. The molecule has 32 valence electrons. The Morgan fingerprint density at radius 2 is 2.50 bits per heavy atom. The Hall–Kier alpha value is -1.02. The van der Waals surface area contributed by atoms with Crippen molar-refractivity contribution in [3.8, 4) is 0 Å². The van der Waals surface area contributed by atoms with Gasteiger partial charge in [-0.25, -0.2) is 0 Å². The molecule has 0 aliphatic heterocycles. The number of carbonyl (C=O) groups is 1. The lowest BCUT2D eigenvalue weighted by Crippen LogP contribution is -1.74. The number of azide groups is 1. The molecule has 0 aliphatic rings. The van der Waals surface area contributed by atoms with Crippen LogP contribution >= 0.6 is 0 Å². The minimum atomic E-state index is -0.502. The number of rotatable bonds is 0. The summed E-state index contributed by atoms with van der Waals surface area (Å²) in [4.78, 5) is 11.8. The smallest absolute Gasteiger partial charge is 0.215 e. The first-order chi connectivity index (χ1) is 2.77. The number of amides is 1. The van der Waals surface area contributed by atoms with Crippen molar-refractivity contribution < 1.29 is 4.79 Å². The second-order valence-corrected chi connectivity index (χ2v) is 0.708. The first kappa shape index (κ1) is 4.98. The average molecular weight is 84.1 g/mol. The molecule has 0 aromatic rings. The van der Waals surface area contributed by atoms with Crippen molar-refractivity contribution in [3.63, 3.8) is 0 Å². The minimum Gasteiger partial charge on any atom is -0.293 e. The van der Waals surface area contributed by atoms with E-state index in [1.54, 1.807) is 0 Å². The lowest BCUT2D eigenvalue weighted by molar-refractivity contribution is -0.115. The highest BCUT2D eigenvalue weighted by Crippen LogP contribution is 1.67. The van der Waals surface area contributed by atoms with E-state index >= 15 is 0 Å². The monoisotopic (exact) mass is 84.0 g/mol. The Bertz CT molecular complexity index is 101. The zero-order chi connectivity index (χ0) is 4.99. The quantitative estimate of drug-likeness (QED) is 0.243. The van der Waals surface area contributed by atoms with Crippen LogP contribution < -0.4 is 0 Å². The molecule has 0 saturated carbocycles. The van der Waals surface area contributed by atoms with Gasteiger partial charge in [0.25, 0.3) is 0 Å². The van der Waals surface area contributed by atoms with E-state index in [9.17, 15) is 4.79 Å². The molecule has 0 aromatic carbocycles. The molecule has 0 radical (unpaired) electrons. The largest absolute Gasteiger partial charge is 0.293 e. The normalized spacial score (nSPS) is 6.17. The van der Waals surface area contributed by atoms with E-state index in [-0.39, 0.29) is 0 Å². The zero-order valence-corrected chi connectivity index (χ0v) is 3.25. The molecule has 4 heteroatoms. The summed E-state index contributed by atoms with van der Waals surface area (Å²) in [6.45, 7) is 1.19. The van der Waals surface area contributed by atoms with Gasteiger partial charge in [0, 0.05) is 11.8 Å². The highest BCUT2D eigenvalue weighted by atomic mass is 16.1. The summed E-state index contributed by atoms with van der Waals surface area (Å²) in [5.41, 5.74) is 7.47. The van der Waals surface area contributed by atoms with Crippen molar-refractivity contribution in [2.75, 3.05) is 0 Å². The molecule has 0 unspecified atom stereocenters. The van der Waals surface area contributed by atoms with E-state index in [1.807, 2.05) is 0 Å². The third-order valence-electron chi connectivity index (χ3n) is 0.186. The van der Waals surface area contributed by atoms with Crippen LogP contribution in [0.5, 0.6) is 0 Å². The molecule has 0 heterocycles. The molecular formula is C2H3N3O. The maximum atomic E-state index is 9.62. The first-order valence-electron chi connectivity index (χ1n) is 1.33. The molecule has 0 N–H and O–H groups in total. The number of hydrogen-bond donors (Lipinski definition) is 0. The lowest BCUT2D eigenvalue weighted by atomic mass is 10.1. The maximum Gasteiger partial charge on any atom is 0.215 e. The fourth-order valence-corrected chi connectivity index (χ4v) is 0.0630. The number of carbonyl (C=O) groups excluding carboxylic acids is 1. The van der Waals surface area contributed by atoms with Crippen molar-refractivity contribution >= 4 is 5.91 Å². The Balaban J connectivity index is 3.60. The SMILES string of the molecule is C[11C](=O)N=[N+]=[N-]. The van der Waals surface area contributed by atoms with Crippen LogP contribution in [0, 0.1) is 0 Å². The van der Waals surface area contributed by atoms with Gasteiger partial charge < -0.3 is 0 Å². The summed E-state index contributed by atoms with van der Waals surface area (Å²) < 4.78 is 0. The summed E-state index contributed by atoms with van der Waals surface area (Å²) in [6.07, 6.45) is 0. The van der Waals surface area contributed by atoms with Gasteiger partial charge in [-0.05, 0) is 10.6 Å². The molecule has 0 atom stereocenters. The summed E-state index contributed by atoms with van der Waals surface area (Å²) in [6, 6.07) is 0. The van der Waals surface area contributed by atoms with Crippen LogP contribution in [0.3, 0.4) is 0 Å². The highest BCUT2D eigenvalue weighted by Gasteiger charge is 1.74. The molecule has 1 amide bonds. The van der Waals surface area contributed by atoms with Crippen LogP contribution in [0.2, 0.25) is 0 Å². The summed E-state index contributed by atoms with van der Waals surface area (Å²) in [5.74, 6) is -0.502. The Kier molecular flexibility index (Phi) is 1.85. The fourth-order valence-electron chi connectivity index (χ4n) is 0.0630. The third kappa shape index (κ3) is 2.98. The van der Waals surface area contributed by atoms with E-state index in [0.717, 1.165) is 0 Å². The molecule has 0 bridgehead atoms. The van der Waals surface area contributed by atoms with Gasteiger partial charge in [0.1, 0.15) is 0 Å². The summed E-state index contributed by atoms with van der Waals surface area (Å²) >= 11 is 0. The van der Waals surface area contributed by atoms with Crippen molar-refractivity contribution in [2.24, 2.45) is 5.11 Å². The van der Waals surface area contributed by atoms with Gasteiger partial charge in [0.15, 0.2) is 0 Å².